The Morgan fingerprint density at radius 2 is 1.87 bits per heavy atom. The van der Waals surface area contributed by atoms with Crippen LogP contribution in [0.2, 0.25) is 0 Å². The monoisotopic (exact) mass is 408 g/mol. The minimum absolute atomic E-state index is 0.150. The van der Waals surface area contributed by atoms with Gasteiger partial charge in [-0.3, -0.25) is 19.1 Å². The largest absolute Gasteiger partial charge is 0.383 e. The SMILES string of the molecule is COCc1cc(C)c(-n2cnc(N)c(C(=O)Nc3cncc(CN)c3)c2=O)c(C)c1. The number of carbonyl (C=O) groups excluding carboxylic acids is 1. The average Bonchev–Trinajstić information content (AvgIpc) is 2.69. The van der Waals surface area contributed by atoms with Gasteiger partial charge < -0.3 is 21.5 Å². The molecule has 0 bridgehead atoms. The minimum atomic E-state index is -0.665. The molecule has 0 aliphatic rings. The lowest BCUT2D eigenvalue weighted by molar-refractivity contribution is 0.102. The first kappa shape index (κ1) is 21.2. The van der Waals surface area contributed by atoms with Crippen LogP contribution < -0.4 is 22.3 Å². The summed E-state index contributed by atoms with van der Waals surface area (Å²) in [5, 5.41) is 2.64. The van der Waals surface area contributed by atoms with E-state index in [1.54, 1.807) is 19.4 Å². The molecule has 0 radical (unpaired) electrons. The molecule has 0 saturated heterocycles. The number of methoxy groups -OCH3 is 1. The summed E-state index contributed by atoms with van der Waals surface area (Å²) in [7, 11) is 1.62. The van der Waals surface area contributed by atoms with Crippen LogP contribution in [0.5, 0.6) is 0 Å². The number of aryl methyl sites for hydroxylation is 2. The van der Waals surface area contributed by atoms with Crippen LogP contribution in [-0.2, 0) is 17.9 Å². The van der Waals surface area contributed by atoms with E-state index in [1.807, 2.05) is 26.0 Å². The Labute approximate surface area is 173 Å². The van der Waals surface area contributed by atoms with Crippen molar-refractivity contribution in [2.24, 2.45) is 5.73 Å². The Morgan fingerprint density at radius 3 is 2.50 bits per heavy atom. The Bertz CT molecular complexity index is 1130. The Kier molecular flexibility index (Phi) is 6.24. The molecule has 2 aromatic heterocycles. The van der Waals surface area contributed by atoms with E-state index in [2.05, 4.69) is 15.3 Å². The van der Waals surface area contributed by atoms with Crippen LogP contribution in [0.1, 0.15) is 32.6 Å². The van der Waals surface area contributed by atoms with Gasteiger partial charge in [-0.2, -0.15) is 0 Å². The van der Waals surface area contributed by atoms with Gasteiger partial charge in [0.15, 0.2) is 0 Å². The molecule has 0 spiro atoms. The van der Waals surface area contributed by atoms with Crippen molar-refractivity contribution < 1.29 is 9.53 Å². The Balaban J connectivity index is 2.04. The topological polar surface area (TPSA) is 138 Å². The maximum atomic E-state index is 13.2. The fourth-order valence-corrected chi connectivity index (χ4v) is 3.38. The van der Waals surface area contributed by atoms with Crippen LogP contribution in [0.3, 0.4) is 0 Å². The van der Waals surface area contributed by atoms with E-state index in [0.717, 1.165) is 22.3 Å². The number of hydrogen-bond acceptors (Lipinski definition) is 7. The number of anilines is 2. The number of benzene rings is 1. The van der Waals surface area contributed by atoms with E-state index in [9.17, 15) is 9.59 Å². The lowest BCUT2D eigenvalue weighted by atomic mass is 10.0. The molecule has 3 rings (SSSR count). The molecule has 1 amide bonds. The number of aromatic nitrogens is 3. The summed E-state index contributed by atoms with van der Waals surface area (Å²) < 4.78 is 6.52. The highest BCUT2D eigenvalue weighted by molar-refractivity contribution is 6.06. The zero-order valence-corrected chi connectivity index (χ0v) is 17.1. The average molecular weight is 408 g/mol. The molecule has 1 aromatic carbocycles. The lowest BCUT2D eigenvalue weighted by Crippen LogP contribution is -2.31. The zero-order chi connectivity index (χ0) is 21.8. The summed E-state index contributed by atoms with van der Waals surface area (Å²) in [5.41, 5.74) is 15.2. The number of nitrogen functional groups attached to an aromatic ring is 1. The highest BCUT2D eigenvalue weighted by atomic mass is 16.5. The second-order valence-corrected chi connectivity index (χ2v) is 6.93. The van der Waals surface area contributed by atoms with E-state index in [0.29, 0.717) is 18.0 Å². The fraction of sp³-hybridized carbons (Fsp3) is 0.238. The number of ether oxygens (including phenoxy) is 1. The van der Waals surface area contributed by atoms with Crippen molar-refractivity contribution in [3.05, 3.63) is 75.1 Å². The number of carbonyl (C=O) groups is 1. The maximum absolute atomic E-state index is 13.2. The summed E-state index contributed by atoms with van der Waals surface area (Å²) in [5.74, 6) is -0.815. The highest BCUT2D eigenvalue weighted by Crippen LogP contribution is 2.21. The maximum Gasteiger partial charge on any atom is 0.272 e. The van der Waals surface area contributed by atoms with E-state index in [1.165, 1.54) is 17.1 Å². The van der Waals surface area contributed by atoms with Crippen LogP contribution in [0.15, 0.2) is 41.7 Å². The van der Waals surface area contributed by atoms with Gasteiger partial charge in [0, 0.05) is 19.9 Å². The fourth-order valence-electron chi connectivity index (χ4n) is 3.38. The predicted molar refractivity (Wildman–Crippen MR) is 115 cm³/mol. The number of pyridine rings is 1. The third-order valence-corrected chi connectivity index (χ3v) is 4.62. The smallest absolute Gasteiger partial charge is 0.272 e. The Morgan fingerprint density at radius 1 is 1.17 bits per heavy atom. The third kappa shape index (κ3) is 4.22. The van der Waals surface area contributed by atoms with Crippen LogP contribution in [0.4, 0.5) is 11.5 Å². The van der Waals surface area contributed by atoms with Crippen molar-refractivity contribution in [3.8, 4) is 5.69 Å². The van der Waals surface area contributed by atoms with Gasteiger partial charge in [0.1, 0.15) is 17.7 Å². The number of hydrogen-bond donors (Lipinski definition) is 3. The first-order valence-corrected chi connectivity index (χ1v) is 9.27. The van der Waals surface area contributed by atoms with Crippen molar-refractivity contribution in [3.63, 3.8) is 0 Å². The number of amides is 1. The molecule has 2 heterocycles. The quantitative estimate of drug-likeness (QED) is 0.564. The van der Waals surface area contributed by atoms with Crippen LogP contribution >= 0.6 is 0 Å². The highest BCUT2D eigenvalue weighted by Gasteiger charge is 2.20. The molecule has 5 N–H and O–H groups in total. The lowest BCUT2D eigenvalue weighted by Gasteiger charge is -2.16. The molecule has 0 saturated carbocycles. The summed E-state index contributed by atoms with van der Waals surface area (Å²) in [6, 6.07) is 5.54. The van der Waals surface area contributed by atoms with Crippen molar-refractivity contribution in [1.82, 2.24) is 14.5 Å². The van der Waals surface area contributed by atoms with Gasteiger partial charge in [-0.05, 0) is 42.2 Å². The summed E-state index contributed by atoms with van der Waals surface area (Å²) in [6.45, 7) is 4.50. The van der Waals surface area contributed by atoms with E-state index < -0.39 is 11.5 Å². The second kappa shape index (κ2) is 8.85. The number of nitrogens with zero attached hydrogens (tertiary/aromatic N) is 3. The van der Waals surface area contributed by atoms with Crippen LogP contribution in [-0.4, -0.2) is 27.6 Å². The molecule has 30 heavy (non-hydrogen) atoms. The summed E-state index contributed by atoms with van der Waals surface area (Å²) >= 11 is 0. The predicted octanol–water partition coefficient (Wildman–Crippen LogP) is 1.68. The van der Waals surface area contributed by atoms with Gasteiger partial charge in [0.05, 0.1) is 24.2 Å². The molecule has 0 aliphatic carbocycles. The van der Waals surface area contributed by atoms with Crippen LogP contribution in [0.25, 0.3) is 5.69 Å². The van der Waals surface area contributed by atoms with Crippen molar-refractivity contribution in [1.29, 1.82) is 0 Å². The van der Waals surface area contributed by atoms with Crippen LogP contribution in [0, 0.1) is 13.8 Å². The summed E-state index contributed by atoms with van der Waals surface area (Å²) in [6.07, 6.45) is 4.39. The van der Waals surface area contributed by atoms with E-state index >= 15 is 0 Å². The second-order valence-electron chi connectivity index (χ2n) is 6.93. The van der Waals surface area contributed by atoms with Crippen molar-refractivity contribution in [2.75, 3.05) is 18.2 Å². The van der Waals surface area contributed by atoms with Gasteiger partial charge in [0.25, 0.3) is 11.5 Å². The standard InChI is InChI=1S/C21H24N6O3/c1-12-4-14(10-30-3)5-13(2)18(12)27-11-25-19(23)17(21(27)29)20(28)26-16-6-15(7-22)8-24-9-16/h4-6,8-9,11H,7,10,22-23H2,1-3H3,(H,26,28). The van der Waals surface area contributed by atoms with Crippen molar-refractivity contribution >= 4 is 17.4 Å². The molecule has 0 atom stereocenters. The Hall–Kier alpha value is -3.56. The molecule has 156 valence electrons. The molecular formula is C21H24N6O3. The molecular weight excluding hydrogens is 384 g/mol. The van der Waals surface area contributed by atoms with Gasteiger partial charge in [-0.15, -0.1) is 0 Å². The van der Waals surface area contributed by atoms with Gasteiger partial charge in [-0.1, -0.05) is 12.1 Å². The molecule has 9 nitrogen and oxygen atoms in total. The number of rotatable bonds is 6. The van der Waals surface area contributed by atoms with Gasteiger partial charge in [-0.25, -0.2) is 4.98 Å². The molecule has 0 unspecified atom stereocenters. The molecule has 0 fully saturated rings. The third-order valence-electron chi connectivity index (χ3n) is 4.62. The molecule has 0 aliphatic heterocycles. The summed E-state index contributed by atoms with van der Waals surface area (Å²) in [4.78, 5) is 34.1. The minimum Gasteiger partial charge on any atom is -0.383 e. The molecule has 3 aromatic rings. The van der Waals surface area contributed by atoms with E-state index in [4.69, 9.17) is 16.2 Å². The van der Waals surface area contributed by atoms with Gasteiger partial charge >= 0.3 is 0 Å². The molecule has 9 heteroatoms. The van der Waals surface area contributed by atoms with Crippen molar-refractivity contribution in [2.45, 2.75) is 27.0 Å². The first-order chi connectivity index (χ1) is 14.3. The normalized spacial score (nSPS) is 10.8. The van der Waals surface area contributed by atoms with Gasteiger partial charge in [0.2, 0.25) is 0 Å². The zero-order valence-electron chi connectivity index (χ0n) is 17.1. The number of nitrogens with two attached hydrogens (primary N) is 2. The first-order valence-electron chi connectivity index (χ1n) is 9.27. The number of nitrogens with one attached hydrogen (secondary N) is 1. The van der Waals surface area contributed by atoms with E-state index in [-0.39, 0.29) is 17.9 Å².